The number of ether oxygens (including phenoxy) is 1. The van der Waals surface area contributed by atoms with E-state index in [9.17, 15) is 19.7 Å². The number of hydrazine groups is 1. The maximum atomic E-state index is 12.9. The van der Waals surface area contributed by atoms with E-state index in [0.717, 1.165) is 18.4 Å². The predicted octanol–water partition coefficient (Wildman–Crippen LogP) is 2.16. The highest BCUT2D eigenvalue weighted by Gasteiger charge is 2.38. The second-order valence-corrected chi connectivity index (χ2v) is 6.98. The van der Waals surface area contributed by atoms with E-state index in [0.29, 0.717) is 18.7 Å². The van der Waals surface area contributed by atoms with Crippen LogP contribution < -0.4 is 10.9 Å². The third-order valence-corrected chi connectivity index (χ3v) is 5.15. The Hall–Kier alpha value is -3.30. The number of hydrogen-bond acceptors (Lipinski definition) is 6. The van der Waals surface area contributed by atoms with Crippen molar-refractivity contribution in [3.63, 3.8) is 0 Å². The molecule has 9 heteroatoms. The number of benzene rings is 2. The number of hydrogen-bond donors (Lipinski definition) is 2. The van der Waals surface area contributed by atoms with Crippen molar-refractivity contribution in [3.05, 3.63) is 75.3 Å². The summed E-state index contributed by atoms with van der Waals surface area (Å²) in [5.41, 5.74) is 7.10. The van der Waals surface area contributed by atoms with E-state index in [-0.39, 0.29) is 23.3 Å². The van der Waals surface area contributed by atoms with Crippen LogP contribution in [0.4, 0.5) is 5.69 Å². The summed E-state index contributed by atoms with van der Waals surface area (Å²) in [5, 5.41) is 10.8. The molecule has 2 aliphatic rings. The maximum absolute atomic E-state index is 12.9. The first-order chi connectivity index (χ1) is 14.0. The molecule has 2 amide bonds. The first kappa shape index (κ1) is 19.0. The van der Waals surface area contributed by atoms with Crippen LogP contribution in [-0.2, 0) is 4.74 Å². The zero-order valence-corrected chi connectivity index (χ0v) is 15.5. The summed E-state index contributed by atoms with van der Waals surface area (Å²) in [6, 6.07) is 12.6. The number of amides is 2. The summed E-state index contributed by atoms with van der Waals surface area (Å²) in [4.78, 5) is 37.2. The molecule has 2 N–H and O–H groups in total. The van der Waals surface area contributed by atoms with Gasteiger partial charge in [-0.2, -0.15) is 0 Å². The van der Waals surface area contributed by atoms with Crippen LogP contribution in [0.1, 0.15) is 45.3 Å². The third kappa shape index (κ3) is 3.82. The molecular weight excluding hydrogens is 376 g/mol. The predicted molar refractivity (Wildman–Crippen MR) is 103 cm³/mol. The summed E-state index contributed by atoms with van der Waals surface area (Å²) >= 11 is 0. The average molecular weight is 396 g/mol. The van der Waals surface area contributed by atoms with Crippen LogP contribution in [0.25, 0.3) is 0 Å². The summed E-state index contributed by atoms with van der Waals surface area (Å²) in [6.45, 7) is 1.12. The van der Waals surface area contributed by atoms with Gasteiger partial charge in [0.05, 0.1) is 11.0 Å². The van der Waals surface area contributed by atoms with Gasteiger partial charge in [0.25, 0.3) is 17.5 Å². The zero-order valence-electron chi connectivity index (χ0n) is 15.5. The fourth-order valence-electron chi connectivity index (χ4n) is 3.66. The van der Waals surface area contributed by atoms with Gasteiger partial charge in [-0.25, -0.2) is 5.43 Å². The van der Waals surface area contributed by atoms with Crippen LogP contribution in [0.3, 0.4) is 0 Å². The molecule has 1 saturated heterocycles. The average Bonchev–Trinajstić information content (AvgIpc) is 3.34. The van der Waals surface area contributed by atoms with E-state index < -0.39 is 17.0 Å². The van der Waals surface area contributed by atoms with Gasteiger partial charge >= 0.3 is 0 Å². The number of nitrogens with one attached hydrogen (secondary N) is 2. The Morgan fingerprint density at radius 2 is 1.97 bits per heavy atom. The number of carbonyl (C=O) groups is 2. The molecule has 2 aromatic carbocycles. The number of nitro groups is 1. The van der Waals surface area contributed by atoms with E-state index in [1.54, 1.807) is 17.0 Å². The monoisotopic (exact) mass is 396 g/mol. The molecule has 4 rings (SSSR count). The van der Waals surface area contributed by atoms with Crippen molar-refractivity contribution in [2.24, 2.45) is 0 Å². The van der Waals surface area contributed by atoms with Crippen molar-refractivity contribution in [3.8, 4) is 0 Å². The molecule has 0 aromatic heterocycles. The third-order valence-electron chi connectivity index (χ3n) is 5.15. The van der Waals surface area contributed by atoms with Gasteiger partial charge < -0.3 is 9.64 Å². The quantitative estimate of drug-likeness (QED) is 0.571. The highest BCUT2D eigenvalue weighted by Crippen LogP contribution is 2.32. The smallest absolute Gasteiger partial charge is 0.269 e. The minimum absolute atomic E-state index is 0.0251. The zero-order chi connectivity index (χ0) is 20.4. The standard InChI is InChI=1S/C20H20N4O5/c25-19(13-7-9-14(10-8-13)24(27)28)22-21-18-16-5-1-2-6-17(16)20(26)23(18)12-15-4-3-11-29-15/h1-2,5-10,15,18,21H,3-4,11-12H2,(H,22,25)/t15-,18-/m0/s1. The Balaban J connectivity index is 1.49. The molecule has 0 saturated carbocycles. The van der Waals surface area contributed by atoms with Crippen LogP contribution >= 0.6 is 0 Å². The van der Waals surface area contributed by atoms with E-state index in [4.69, 9.17) is 4.74 Å². The Kier molecular flexibility index (Phi) is 5.24. The fraction of sp³-hybridized carbons (Fsp3) is 0.300. The Bertz CT molecular complexity index is 940. The topological polar surface area (TPSA) is 114 Å². The lowest BCUT2D eigenvalue weighted by atomic mass is 10.1. The van der Waals surface area contributed by atoms with Gasteiger partial charge in [-0.1, -0.05) is 18.2 Å². The molecule has 2 aromatic rings. The van der Waals surface area contributed by atoms with Crippen LogP contribution in [-0.4, -0.2) is 40.9 Å². The summed E-state index contributed by atoms with van der Waals surface area (Å²) < 4.78 is 5.67. The highest BCUT2D eigenvalue weighted by atomic mass is 16.6. The second kappa shape index (κ2) is 7.98. The number of nitro benzene ring substituents is 1. The van der Waals surface area contributed by atoms with Crippen LogP contribution in [0, 0.1) is 10.1 Å². The molecule has 9 nitrogen and oxygen atoms in total. The van der Waals surface area contributed by atoms with Crippen LogP contribution in [0.15, 0.2) is 48.5 Å². The van der Waals surface area contributed by atoms with Gasteiger partial charge in [0, 0.05) is 42.0 Å². The van der Waals surface area contributed by atoms with Crippen molar-refractivity contribution in [1.29, 1.82) is 0 Å². The van der Waals surface area contributed by atoms with Crippen molar-refractivity contribution < 1.29 is 19.2 Å². The van der Waals surface area contributed by atoms with Gasteiger partial charge in [0.2, 0.25) is 0 Å². The van der Waals surface area contributed by atoms with Gasteiger partial charge in [-0.15, -0.1) is 0 Å². The summed E-state index contributed by atoms with van der Waals surface area (Å²) in [6.07, 6.45) is 1.31. The van der Waals surface area contributed by atoms with Crippen LogP contribution in [0.5, 0.6) is 0 Å². The first-order valence-electron chi connectivity index (χ1n) is 9.36. The van der Waals surface area contributed by atoms with Crippen molar-refractivity contribution in [2.75, 3.05) is 13.2 Å². The summed E-state index contributed by atoms with van der Waals surface area (Å²) in [5.74, 6) is -0.563. The van der Waals surface area contributed by atoms with Gasteiger partial charge in [-0.05, 0) is 31.0 Å². The number of non-ortho nitro benzene ring substituents is 1. The number of nitrogens with zero attached hydrogens (tertiary/aromatic N) is 2. The molecule has 0 aliphatic carbocycles. The molecule has 29 heavy (non-hydrogen) atoms. The first-order valence-corrected chi connectivity index (χ1v) is 9.36. The number of fused-ring (bicyclic) bond motifs is 1. The Labute approximate surface area is 166 Å². The van der Waals surface area contributed by atoms with E-state index in [1.165, 1.54) is 24.3 Å². The lowest BCUT2D eigenvalue weighted by molar-refractivity contribution is -0.384. The van der Waals surface area contributed by atoms with Gasteiger partial charge in [0.15, 0.2) is 0 Å². The largest absolute Gasteiger partial charge is 0.376 e. The Morgan fingerprint density at radius 1 is 1.21 bits per heavy atom. The molecule has 1 fully saturated rings. The minimum atomic E-state index is -0.524. The minimum Gasteiger partial charge on any atom is -0.376 e. The van der Waals surface area contributed by atoms with Crippen molar-refractivity contribution >= 4 is 17.5 Å². The van der Waals surface area contributed by atoms with Crippen LogP contribution in [0.2, 0.25) is 0 Å². The van der Waals surface area contributed by atoms with E-state index in [2.05, 4.69) is 10.9 Å². The second-order valence-electron chi connectivity index (χ2n) is 6.98. The molecular formula is C20H20N4O5. The number of rotatable bonds is 6. The molecule has 2 atom stereocenters. The van der Waals surface area contributed by atoms with E-state index >= 15 is 0 Å². The van der Waals surface area contributed by atoms with Gasteiger partial charge in [0.1, 0.15) is 6.17 Å². The van der Waals surface area contributed by atoms with Crippen molar-refractivity contribution in [1.82, 2.24) is 15.8 Å². The molecule has 2 aliphatic heterocycles. The SMILES string of the molecule is O=C(NN[C@@H]1c2ccccc2C(=O)N1C[C@@H]1CCCO1)c1ccc([N+](=O)[O-])cc1. The lowest BCUT2D eigenvalue weighted by Gasteiger charge is -2.28. The lowest BCUT2D eigenvalue weighted by Crippen LogP contribution is -2.47. The summed E-state index contributed by atoms with van der Waals surface area (Å²) in [7, 11) is 0. The normalized spacial score (nSPS) is 20.6. The molecule has 2 heterocycles. The molecule has 0 unspecified atom stereocenters. The van der Waals surface area contributed by atoms with E-state index in [1.807, 2.05) is 12.1 Å². The van der Waals surface area contributed by atoms with Crippen molar-refractivity contribution in [2.45, 2.75) is 25.1 Å². The molecule has 0 spiro atoms. The number of carbonyl (C=O) groups excluding carboxylic acids is 2. The fourth-order valence-corrected chi connectivity index (χ4v) is 3.66. The highest BCUT2D eigenvalue weighted by molar-refractivity contribution is 5.99. The van der Waals surface area contributed by atoms with Gasteiger partial charge in [-0.3, -0.25) is 25.1 Å². The molecule has 0 bridgehead atoms. The Morgan fingerprint density at radius 3 is 2.66 bits per heavy atom. The molecule has 150 valence electrons. The molecule has 0 radical (unpaired) electrons. The maximum Gasteiger partial charge on any atom is 0.269 e.